The average molecular weight is 273 g/mol. The lowest BCUT2D eigenvalue weighted by Crippen LogP contribution is -2.45. The van der Waals surface area contributed by atoms with Crippen molar-refractivity contribution in [2.75, 3.05) is 33.3 Å². The van der Waals surface area contributed by atoms with E-state index in [0.29, 0.717) is 6.04 Å². The molecule has 1 saturated heterocycles. The second-order valence-electron chi connectivity index (χ2n) is 5.37. The number of ether oxygens (including phenoxy) is 1. The van der Waals surface area contributed by atoms with Gasteiger partial charge in [-0.25, -0.2) is 0 Å². The first-order valence-electron chi connectivity index (χ1n) is 7.43. The van der Waals surface area contributed by atoms with E-state index in [4.69, 9.17) is 4.74 Å². The van der Waals surface area contributed by atoms with Crippen LogP contribution in [0.1, 0.15) is 24.9 Å². The minimum absolute atomic E-state index is 0.484. The fraction of sp³-hybridized carbons (Fsp3) is 0.500. The Bertz CT molecular complexity index is 572. The first-order chi connectivity index (χ1) is 9.83. The predicted molar refractivity (Wildman–Crippen MR) is 82.3 cm³/mol. The molecule has 3 rings (SSSR count). The van der Waals surface area contributed by atoms with E-state index in [2.05, 4.69) is 40.5 Å². The highest BCUT2D eigenvalue weighted by molar-refractivity contribution is 5.85. The fourth-order valence-electron chi connectivity index (χ4n) is 3.19. The molecular weight excluding hydrogens is 250 g/mol. The summed E-state index contributed by atoms with van der Waals surface area (Å²) in [6, 6.07) is 6.74. The van der Waals surface area contributed by atoms with Gasteiger partial charge in [0.1, 0.15) is 5.75 Å². The Labute approximate surface area is 120 Å². The van der Waals surface area contributed by atoms with E-state index in [1.807, 2.05) is 6.07 Å². The summed E-state index contributed by atoms with van der Waals surface area (Å²) in [6.07, 6.45) is 3.30. The van der Waals surface area contributed by atoms with E-state index in [1.165, 1.54) is 16.5 Å². The van der Waals surface area contributed by atoms with Crippen molar-refractivity contribution >= 4 is 10.9 Å². The minimum atomic E-state index is 0.484. The molecule has 0 radical (unpaired) electrons. The summed E-state index contributed by atoms with van der Waals surface area (Å²) in [6.45, 7) is 6.68. The number of benzene rings is 1. The molecule has 0 aliphatic carbocycles. The molecule has 0 spiro atoms. The first-order valence-corrected chi connectivity index (χ1v) is 7.43. The smallest absolute Gasteiger partial charge is 0.119 e. The van der Waals surface area contributed by atoms with Gasteiger partial charge in [0, 0.05) is 49.3 Å². The average Bonchev–Trinajstić information content (AvgIpc) is 2.92. The number of methoxy groups -OCH3 is 1. The van der Waals surface area contributed by atoms with Crippen molar-refractivity contribution in [1.82, 2.24) is 15.2 Å². The summed E-state index contributed by atoms with van der Waals surface area (Å²) in [5, 5.41) is 4.71. The number of aromatic nitrogens is 1. The van der Waals surface area contributed by atoms with Gasteiger partial charge in [-0.3, -0.25) is 4.90 Å². The molecule has 0 unspecified atom stereocenters. The van der Waals surface area contributed by atoms with E-state index in [9.17, 15) is 0 Å². The van der Waals surface area contributed by atoms with E-state index in [-0.39, 0.29) is 0 Å². The predicted octanol–water partition coefficient (Wildman–Crippen LogP) is 2.53. The van der Waals surface area contributed by atoms with Crippen molar-refractivity contribution in [2.45, 2.75) is 19.4 Å². The van der Waals surface area contributed by atoms with Gasteiger partial charge < -0.3 is 15.0 Å². The van der Waals surface area contributed by atoms with Gasteiger partial charge in [0.25, 0.3) is 0 Å². The zero-order chi connectivity index (χ0) is 13.9. The van der Waals surface area contributed by atoms with Crippen LogP contribution in [0.3, 0.4) is 0 Å². The highest BCUT2D eigenvalue weighted by Crippen LogP contribution is 2.32. The molecule has 4 heteroatoms. The summed E-state index contributed by atoms with van der Waals surface area (Å²) >= 11 is 0. The highest BCUT2D eigenvalue weighted by atomic mass is 16.5. The molecule has 0 amide bonds. The quantitative estimate of drug-likeness (QED) is 0.899. The topological polar surface area (TPSA) is 40.3 Å². The zero-order valence-electron chi connectivity index (χ0n) is 12.3. The number of nitrogens with zero attached hydrogens (tertiary/aromatic N) is 1. The second-order valence-corrected chi connectivity index (χ2v) is 5.37. The summed E-state index contributed by atoms with van der Waals surface area (Å²) in [4.78, 5) is 5.98. The van der Waals surface area contributed by atoms with E-state index < -0.39 is 0 Å². The van der Waals surface area contributed by atoms with Gasteiger partial charge in [-0.2, -0.15) is 0 Å². The normalized spacial score (nSPS) is 18.3. The van der Waals surface area contributed by atoms with Crippen LogP contribution in [0.4, 0.5) is 0 Å². The molecule has 108 valence electrons. The Morgan fingerprint density at radius 1 is 1.30 bits per heavy atom. The van der Waals surface area contributed by atoms with Crippen LogP contribution in [0.15, 0.2) is 24.4 Å². The molecule has 2 heterocycles. The standard InChI is InChI=1S/C16H23N3O/c1-3-16(19-8-6-17-7-9-19)14-11-18-15-5-4-12(20-2)10-13(14)15/h4-5,10-11,16-18H,3,6-9H2,1-2H3/t16-/m0/s1. The summed E-state index contributed by atoms with van der Waals surface area (Å²) in [7, 11) is 1.72. The minimum Gasteiger partial charge on any atom is -0.497 e. The lowest BCUT2D eigenvalue weighted by molar-refractivity contribution is 0.170. The number of hydrogen-bond acceptors (Lipinski definition) is 3. The van der Waals surface area contributed by atoms with Gasteiger partial charge in [-0.15, -0.1) is 0 Å². The third-order valence-electron chi connectivity index (χ3n) is 4.26. The lowest BCUT2D eigenvalue weighted by atomic mass is 10.0. The third-order valence-corrected chi connectivity index (χ3v) is 4.26. The van der Waals surface area contributed by atoms with Crippen LogP contribution in [0, 0.1) is 0 Å². The van der Waals surface area contributed by atoms with E-state index >= 15 is 0 Å². The number of H-pyrrole nitrogens is 1. The largest absolute Gasteiger partial charge is 0.497 e. The molecule has 1 atom stereocenters. The third kappa shape index (κ3) is 2.41. The van der Waals surface area contributed by atoms with Crippen molar-refractivity contribution in [2.24, 2.45) is 0 Å². The number of hydrogen-bond donors (Lipinski definition) is 2. The molecular formula is C16H23N3O. The molecule has 2 aromatic rings. The van der Waals surface area contributed by atoms with Crippen molar-refractivity contribution in [3.8, 4) is 5.75 Å². The van der Waals surface area contributed by atoms with Crippen molar-refractivity contribution < 1.29 is 4.74 Å². The Balaban J connectivity index is 1.97. The number of aromatic amines is 1. The maximum atomic E-state index is 5.37. The van der Waals surface area contributed by atoms with Crippen molar-refractivity contribution in [1.29, 1.82) is 0 Å². The van der Waals surface area contributed by atoms with Crippen LogP contribution in [-0.2, 0) is 0 Å². The SMILES string of the molecule is CC[C@@H](c1c[nH]c2ccc(OC)cc12)N1CCNCC1. The molecule has 1 aliphatic heterocycles. The van der Waals surface area contributed by atoms with Gasteiger partial charge in [-0.05, 0) is 30.2 Å². The number of nitrogens with one attached hydrogen (secondary N) is 2. The maximum Gasteiger partial charge on any atom is 0.119 e. The summed E-state index contributed by atoms with van der Waals surface area (Å²) in [5.74, 6) is 0.925. The van der Waals surface area contributed by atoms with Gasteiger partial charge in [0.05, 0.1) is 7.11 Å². The van der Waals surface area contributed by atoms with Gasteiger partial charge in [-0.1, -0.05) is 6.92 Å². The van der Waals surface area contributed by atoms with E-state index in [1.54, 1.807) is 7.11 Å². The fourth-order valence-corrected chi connectivity index (χ4v) is 3.19. The van der Waals surface area contributed by atoms with Gasteiger partial charge in [0.2, 0.25) is 0 Å². The summed E-state index contributed by atoms with van der Waals surface area (Å²) < 4.78 is 5.37. The zero-order valence-corrected chi connectivity index (χ0v) is 12.3. The number of piperazine rings is 1. The first kappa shape index (κ1) is 13.5. The summed E-state index contributed by atoms with van der Waals surface area (Å²) in [5.41, 5.74) is 2.58. The van der Waals surface area contributed by atoms with Crippen LogP contribution in [0.25, 0.3) is 10.9 Å². The molecule has 4 nitrogen and oxygen atoms in total. The molecule has 0 saturated carbocycles. The molecule has 1 fully saturated rings. The highest BCUT2D eigenvalue weighted by Gasteiger charge is 2.23. The van der Waals surface area contributed by atoms with Crippen LogP contribution >= 0.6 is 0 Å². The van der Waals surface area contributed by atoms with Crippen LogP contribution < -0.4 is 10.1 Å². The van der Waals surface area contributed by atoms with Gasteiger partial charge >= 0.3 is 0 Å². The van der Waals surface area contributed by atoms with Crippen LogP contribution in [0.5, 0.6) is 5.75 Å². The Hall–Kier alpha value is -1.52. The molecule has 20 heavy (non-hydrogen) atoms. The Morgan fingerprint density at radius 2 is 2.10 bits per heavy atom. The lowest BCUT2D eigenvalue weighted by Gasteiger charge is -2.34. The molecule has 0 bridgehead atoms. The van der Waals surface area contributed by atoms with Crippen LogP contribution in [0.2, 0.25) is 0 Å². The van der Waals surface area contributed by atoms with E-state index in [0.717, 1.165) is 38.3 Å². The molecule has 2 N–H and O–H groups in total. The number of fused-ring (bicyclic) bond motifs is 1. The maximum absolute atomic E-state index is 5.37. The molecule has 1 aliphatic rings. The molecule has 1 aromatic heterocycles. The van der Waals surface area contributed by atoms with Gasteiger partial charge in [0.15, 0.2) is 0 Å². The second kappa shape index (κ2) is 5.85. The van der Waals surface area contributed by atoms with Crippen LogP contribution in [-0.4, -0.2) is 43.2 Å². The van der Waals surface area contributed by atoms with Crippen molar-refractivity contribution in [3.63, 3.8) is 0 Å². The Morgan fingerprint density at radius 3 is 2.80 bits per heavy atom. The molecule has 1 aromatic carbocycles. The monoisotopic (exact) mass is 273 g/mol. The Kier molecular flexibility index (Phi) is 3.94. The number of rotatable bonds is 4. The van der Waals surface area contributed by atoms with Crippen molar-refractivity contribution in [3.05, 3.63) is 30.0 Å².